The number of esters is 1. The van der Waals surface area contributed by atoms with Gasteiger partial charge < -0.3 is 9.84 Å². The smallest absolute Gasteiger partial charge is 0.305 e. The van der Waals surface area contributed by atoms with E-state index in [9.17, 15) is 9.59 Å². The molecule has 0 rings (SSSR count). The van der Waals surface area contributed by atoms with Crippen molar-refractivity contribution in [3.05, 3.63) is 0 Å². The highest BCUT2D eigenvalue weighted by molar-refractivity contribution is 5.69. The quantitative estimate of drug-likeness (QED) is 0.180. The van der Waals surface area contributed by atoms with Crippen LogP contribution in [-0.2, 0) is 14.3 Å². The summed E-state index contributed by atoms with van der Waals surface area (Å²) in [7, 11) is 0. The highest BCUT2D eigenvalue weighted by Crippen LogP contribution is 2.17. The Morgan fingerprint density at radius 1 is 0.704 bits per heavy atom. The summed E-state index contributed by atoms with van der Waals surface area (Å²) in [5.74, 6) is -0.792. The minimum absolute atomic E-state index is 0.0704. The largest absolute Gasteiger partial charge is 0.481 e. The van der Waals surface area contributed by atoms with E-state index in [4.69, 9.17) is 9.84 Å². The van der Waals surface area contributed by atoms with E-state index < -0.39 is 5.97 Å². The number of aliphatic carboxylic acids is 1. The summed E-state index contributed by atoms with van der Waals surface area (Å²) < 4.78 is 5.61. The molecule has 0 amide bonds. The SMILES string of the molecule is CCCCCCCCCCCC(CCCCCCCC(=O)O)OC(=O)CC. The van der Waals surface area contributed by atoms with Crippen LogP contribution in [0.2, 0.25) is 0 Å². The topological polar surface area (TPSA) is 63.6 Å². The summed E-state index contributed by atoms with van der Waals surface area (Å²) in [5, 5.41) is 8.63. The standard InChI is InChI=1S/C23H44O4/c1-3-5-6-7-8-9-10-12-15-18-21(27-23(26)4-2)19-16-13-11-14-17-20-22(24)25/h21H,3-20H2,1-2H3,(H,24,25). The fourth-order valence-corrected chi connectivity index (χ4v) is 3.39. The molecule has 0 heterocycles. The Kier molecular flexibility index (Phi) is 18.9. The van der Waals surface area contributed by atoms with Gasteiger partial charge in [-0.1, -0.05) is 84.5 Å². The Morgan fingerprint density at radius 2 is 1.15 bits per heavy atom. The lowest BCUT2D eigenvalue weighted by molar-refractivity contribution is -0.149. The number of rotatable bonds is 20. The molecule has 0 aromatic carbocycles. The molecule has 0 aliphatic heterocycles. The first-order valence-electron chi connectivity index (χ1n) is 11.5. The summed E-state index contributed by atoms with van der Waals surface area (Å²) in [6.45, 7) is 4.10. The lowest BCUT2D eigenvalue weighted by Crippen LogP contribution is -2.17. The Hall–Kier alpha value is -1.06. The van der Waals surface area contributed by atoms with Crippen molar-refractivity contribution in [3.63, 3.8) is 0 Å². The zero-order valence-corrected chi connectivity index (χ0v) is 18.0. The lowest BCUT2D eigenvalue weighted by atomic mass is 10.0. The molecule has 1 unspecified atom stereocenters. The summed E-state index contributed by atoms with van der Waals surface area (Å²) >= 11 is 0. The number of ether oxygens (including phenoxy) is 1. The zero-order chi connectivity index (χ0) is 20.2. The second-order valence-electron chi connectivity index (χ2n) is 7.78. The van der Waals surface area contributed by atoms with Crippen LogP contribution in [0.3, 0.4) is 0 Å². The van der Waals surface area contributed by atoms with E-state index in [0.717, 1.165) is 51.4 Å². The van der Waals surface area contributed by atoms with Crippen molar-refractivity contribution in [3.8, 4) is 0 Å². The van der Waals surface area contributed by atoms with Gasteiger partial charge in [0.2, 0.25) is 0 Å². The average molecular weight is 385 g/mol. The second-order valence-corrected chi connectivity index (χ2v) is 7.78. The Morgan fingerprint density at radius 3 is 1.59 bits per heavy atom. The van der Waals surface area contributed by atoms with Gasteiger partial charge in [0.1, 0.15) is 6.10 Å². The predicted molar refractivity (Wildman–Crippen MR) is 112 cm³/mol. The van der Waals surface area contributed by atoms with Gasteiger partial charge in [0.25, 0.3) is 0 Å². The summed E-state index contributed by atoms with van der Waals surface area (Å²) in [4.78, 5) is 22.1. The molecule has 0 saturated carbocycles. The van der Waals surface area contributed by atoms with Crippen LogP contribution in [0, 0.1) is 0 Å². The average Bonchev–Trinajstić information content (AvgIpc) is 2.65. The maximum atomic E-state index is 11.6. The molecule has 160 valence electrons. The number of carboxylic acid groups (broad SMARTS) is 1. The van der Waals surface area contributed by atoms with E-state index >= 15 is 0 Å². The van der Waals surface area contributed by atoms with Gasteiger partial charge in [-0.15, -0.1) is 0 Å². The van der Waals surface area contributed by atoms with Crippen LogP contribution in [0.15, 0.2) is 0 Å². The van der Waals surface area contributed by atoms with Crippen molar-refractivity contribution in [1.82, 2.24) is 0 Å². The number of carbonyl (C=O) groups is 2. The maximum Gasteiger partial charge on any atom is 0.305 e. The third-order valence-electron chi connectivity index (χ3n) is 5.13. The minimum Gasteiger partial charge on any atom is -0.481 e. The molecule has 4 heteroatoms. The molecule has 27 heavy (non-hydrogen) atoms. The highest BCUT2D eigenvalue weighted by Gasteiger charge is 2.13. The van der Waals surface area contributed by atoms with Gasteiger partial charge in [0, 0.05) is 12.8 Å². The van der Waals surface area contributed by atoms with Crippen molar-refractivity contribution >= 4 is 11.9 Å². The molecule has 0 aromatic heterocycles. The molecule has 0 radical (unpaired) electrons. The molecule has 4 nitrogen and oxygen atoms in total. The third kappa shape index (κ3) is 19.5. The van der Waals surface area contributed by atoms with E-state index in [-0.39, 0.29) is 18.5 Å². The first-order chi connectivity index (χ1) is 13.1. The molecule has 1 atom stereocenters. The molecule has 1 N–H and O–H groups in total. The predicted octanol–water partition coefficient (Wildman–Crippen LogP) is 7.04. The highest BCUT2D eigenvalue weighted by atomic mass is 16.5. The van der Waals surface area contributed by atoms with E-state index in [2.05, 4.69) is 6.92 Å². The minimum atomic E-state index is -0.706. The van der Waals surface area contributed by atoms with Crippen LogP contribution in [0.5, 0.6) is 0 Å². The number of hydrogen-bond donors (Lipinski definition) is 1. The van der Waals surface area contributed by atoms with Gasteiger partial charge in [-0.2, -0.15) is 0 Å². The van der Waals surface area contributed by atoms with Crippen molar-refractivity contribution in [2.45, 2.75) is 136 Å². The summed E-state index contributed by atoms with van der Waals surface area (Å²) in [6.07, 6.45) is 19.5. The van der Waals surface area contributed by atoms with Crippen LogP contribution < -0.4 is 0 Å². The molecule has 0 spiro atoms. The number of hydrogen-bond acceptors (Lipinski definition) is 3. The third-order valence-corrected chi connectivity index (χ3v) is 5.13. The molecule has 0 aliphatic rings. The van der Waals surface area contributed by atoms with Gasteiger partial charge in [-0.25, -0.2) is 0 Å². The first-order valence-corrected chi connectivity index (χ1v) is 11.5. The van der Waals surface area contributed by atoms with Crippen LogP contribution in [0.1, 0.15) is 129 Å². The molecule has 0 bridgehead atoms. The van der Waals surface area contributed by atoms with E-state index in [0.29, 0.717) is 6.42 Å². The van der Waals surface area contributed by atoms with Gasteiger partial charge in [-0.05, 0) is 32.1 Å². The fraction of sp³-hybridized carbons (Fsp3) is 0.913. The fourth-order valence-electron chi connectivity index (χ4n) is 3.39. The monoisotopic (exact) mass is 384 g/mol. The van der Waals surface area contributed by atoms with Gasteiger partial charge in [0.15, 0.2) is 0 Å². The first kappa shape index (κ1) is 25.9. The van der Waals surface area contributed by atoms with E-state index in [1.807, 2.05) is 6.92 Å². The van der Waals surface area contributed by atoms with Crippen molar-refractivity contribution in [1.29, 1.82) is 0 Å². The Labute approximate surface area is 167 Å². The molecular weight excluding hydrogens is 340 g/mol. The van der Waals surface area contributed by atoms with Crippen LogP contribution in [0.4, 0.5) is 0 Å². The zero-order valence-electron chi connectivity index (χ0n) is 18.0. The summed E-state index contributed by atoms with van der Waals surface area (Å²) in [5.41, 5.74) is 0. The van der Waals surface area contributed by atoms with Crippen molar-refractivity contribution in [2.24, 2.45) is 0 Å². The van der Waals surface area contributed by atoms with E-state index in [1.165, 1.54) is 51.4 Å². The molecular formula is C23H44O4. The van der Waals surface area contributed by atoms with E-state index in [1.54, 1.807) is 0 Å². The molecule has 0 aliphatic carbocycles. The Bertz CT molecular complexity index is 354. The normalized spacial score (nSPS) is 12.1. The van der Waals surface area contributed by atoms with Gasteiger partial charge in [0.05, 0.1) is 0 Å². The second kappa shape index (κ2) is 19.7. The Balaban J connectivity index is 3.75. The van der Waals surface area contributed by atoms with Crippen LogP contribution in [-0.4, -0.2) is 23.1 Å². The number of carbonyl (C=O) groups excluding carboxylic acids is 1. The van der Waals surface area contributed by atoms with Gasteiger partial charge in [-0.3, -0.25) is 9.59 Å². The molecule has 0 aromatic rings. The van der Waals surface area contributed by atoms with Crippen molar-refractivity contribution in [2.75, 3.05) is 0 Å². The number of unbranched alkanes of at least 4 members (excludes halogenated alkanes) is 12. The van der Waals surface area contributed by atoms with Crippen LogP contribution >= 0.6 is 0 Å². The number of carboxylic acids is 1. The molecule has 0 saturated heterocycles. The molecule has 0 fully saturated rings. The van der Waals surface area contributed by atoms with Gasteiger partial charge >= 0.3 is 11.9 Å². The lowest BCUT2D eigenvalue weighted by Gasteiger charge is -2.17. The maximum absolute atomic E-state index is 11.6. The van der Waals surface area contributed by atoms with Crippen molar-refractivity contribution < 1.29 is 19.4 Å². The summed E-state index contributed by atoms with van der Waals surface area (Å²) in [6, 6.07) is 0. The van der Waals surface area contributed by atoms with Crippen LogP contribution in [0.25, 0.3) is 0 Å².